The summed E-state index contributed by atoms with van der Waals surface area (Å²) in [5.41, 5.74) is 2.63. The summed E-state index contributed by atoms with van der Waals surface area (Å²) in [7, 11) is -2.09. The van der Waals surface area contributed by atoms with Crippen LogP contribution >= 0.6 is 0 Å². The molecule has 0 saturated heterocycles. The maximum Gasteiger partial charge on any atom is 0.272 e. The third-order valence-electron chi connectivity index (χ3n) is 4.85. The van der Waals surface area contributed by atoms with Gasteiger partial charge in [0, 0.05) is 6.07 Å². The smallest absolute Gasteiger partial charge is 0.272 e. The molecule has 2 rings (SSSR count). The number of nitrogens with zero attached hydrogens (tertiary/aromatic N) is 1. The van der Waals surface area contributed by atoms with Crippen LogP contribution in [0.4, 0.5) is 0 Å². The SMILES string of the molecule is CC(C)[Si](Oc1cc(-c2ccccc2)c(=O)[nH]n1)(C(C)C)C(C)C. The number of benzene rings is 1. The highest BCUT2D eigenvalue weighted by Gasteiger charge is 2.47. The highest BCUT2D eigenvalue weighted by Crippen LogP contribution is 2.42. The molecule has 0 aliphatic heterocycles. The van der Waals surface area contributed by atoms with Gasteiger partial charge in [0.1, 0.15) is 0 Å². The normalized spacial score (nSPS) is 12.2. The third-order valence-corrected chi connectivity index (χ3v) is 10.8. The second-order valence-corrected chi connectivity index (χ2v) is 12.6. The monoisotopic (exact) mass is 344 g/mol. The standard InChI is InChI=1S/C19H28N2O2Si/c1-13(2)24(14(3)4,15(5)6)23-18-12-17(19(22)21-20-18)16-10-8-7-9-11-16/h7-15H,1-6H3,(H,21,22). The van der Waals surface area contributed by atoms with E-state index in [1.54, 1.807) is 6.07 Å². The van der Waals surface area contributed by atoms with Gasteiger partial charge in [-0.05, 0) is 22.2 Å². The molecule has 5 heteroatoms. The molecule has 4 nitrogen and oxygen atoms in total. The molecule has 0 bridgehead atoms. The topological polar surface area (TPSA) is 55.0 Å². The van der Waals surface area contributed by atoms with Crippen molar-refractivity contribution in [1.82, 2.24) is 10.2 Å². The van der Waals surface area contributed by atoms with Gasteiger partial charge in [0.05, 0.1) is 5.56 Å². The predicted molar refractivity (Wildman–Crippen MR) is 102 cm³/mol. The minimum absolute atomic E-state index is 0.195. The molecule has 1 aromatic heterocycles. The van der Waals surface area contributed by atoms with Gasteiger partial charge in [-0.1, -0.05) is 71.9 Å². The van der Waals surface area contributed by atoms with Crippen LogP contribution in [-0.2, 0) is 0 Å². The lowest BCUT2D eigenvalue weighted by molar-refractivity contribution is 0.457. The zero-order chi connectivity index (χ0) is 17.9. The summed E-state index contributed by atoms with van der Waals surface area (Å²) in [6, 6.07) is 11.4. The largest absolute Gasteiger partial charge is 0.529 e. The molecule has 0 fully saturated rings. The molecular weight excluding hydrogens is 316 g/mol. The molecular formula is C19H28N2O2Si. The average Bonchev–Trinajstić information content (AvgIpc) is 2.53. The number of nitrogens with one attached hydrogen (secondary N) is 1. The maximum absolute atomic E-state index is 12.2. The average molecular weight is 345 g/mol. The molecule has 0 saturated carbocycles. The van der Waals surface area contributed by atoms with E-state index in [1.165, 1.54) is 0 Å². The first-order chi connectivity index (χ1) is 11.3. The summed E-state index contributed by atoms with van der Waals surface area (Å²) in [6.45, 7) is 13.4. The van der Waals surface area contributed by atoms with Crippen LogP contribution in [0.15, 0.2) is 41.2 Å². The Labute approximate surface area is 145 Å². The van der Waals surface area contributed by atoms with E-state index in [-0.39, 0.29) is 5.56 Å². The molecule has 1 heterocycles. The Morgan fingerprint density at radius 2 is 1.50 bits per heavy atom. The molecule has 0 atom stereocenters. The molecule has 0 unspecified atom stereocenters. The predicted octanol–water partition coefficient (Wildman–Crippen LogP) is 4.99. The number of aromatic amines is 1. The van der Waals surface area contributed by atoms with Gasteiger partial charge >= 0.3 is 0 Å². The van der Waals surface area contributed by atoms with Crippen molar-refractivity contribution in [2.45, 2.75) is 58.2 Å². The summed E-state index contributed by atoms with van der Waals surface area (Å²) < 4.78 is 6.56. The molecule has 2 aromatic rings. The van der Waals surface area contributed by atoms with E-state index in [9.17, 15) is 4.79 Å². The van der Waals surface area contributed by atoms with Gasteiger partial charge < -0.3 is 4.43 Å². The van der Waals surface area contributed by atoms with E-state index < -0.39 is 8.32 Å². The lowest BCUT2D eigenvalue weighted by atomic mass is 10.1. The van der Waals surface area contributed by atoms with Crippen molar-refractivity contribution in [3.05, 3.63) is 46.8 Å². The van der Waals surface area contributed by atoms with E-state index in [2.05, 4.69) is 51.7 Å². The molecule has 1 N–H and O–H groups in total. The van der Waals surface area contributed by atoms with Gasteiger partial charge in [-0.2, -0.15) is 0 Å². The van der Waals surface area contributed by atoms with Crippen molar-refractivity contribution < 1.29 is 4.43 Å². The summed E-state index contributed by atoms with van der Waals surface area (Å²) >= 11 is 0. The number of H-pyrrole nitrogens is 1. The lowest BCUT2D eigenvalue weighted by Gasteiger charge is -2.41. The first kappa shape index (κ1) is 18.5. The van der Waals surface area contributed by atoms with Gasteiger partial charge in [0.25, 0.3) is 13.9 Å². The van der Waals surface area contributed by atoms with E-state index in [0.29, 0.717) is 28.1 Å². The van der Waals surface area contributed by atoms with Gasteiger partial charge in [-0.15, -0.1) is 5.10 Å². The van der Waals surface area contributed by atoms with Crippen LogP contribution in [0, 0.1) is 0 Å². The van der Waals surface area contributed by atoms with Crippen LogP contribution < -0.4 is 9.99 Å². The highest BCUT2D eigenvalue weighted by molar-refractivity contribution is 6.78. The minimum atomic E-state index is -2.09. The molecule has 0 radical (unpaired) electrons. The summed E-state index contributed by atoms with van der Waals surface area (Å²) in [5.74, 6) is 0.524. The summed E-state index contributed by atoms with van der Waals surface area (Å²) in [6.07, 6.45) is 0. The highest BCUT2D eigenvalue weighted by atomic mass is 28.4. The zero-order valence-corrected chi connectivity index (χ0v) is 16.5. The molecule has 0 aliphatic carbocycles. The molecule has 130 valence electrons. The van der Waals surface area contributed by atoms with Crippen molar-refractivity contribution in [3.63, 3.8) is 0 Å². The summed E-state index contributed by atoms with van der Waals surface area (Å²) in [5, 5.41) is 6.77. The van der Waals surface area contributed by atoms with E-state index in [4.69, 9.17) is 4.43 Å². The van der Waals surface area contributed by atoms with Gasteiger partial charge in [0.2, 0.25) is 5.88 Å². The van der Waals surface area contributed by atoms with Crippen LogP contribution in [0.2, 0.25) is 16.6 Å². The number of rotatable bonds is 6. The lowest BCUT2D eigenvalue weighted by Crippen LogP contribution is -2.51. The van der Waals surface area contributed by atoms with Crippen molar-refractivity contribution in [1.29, 1.82) is 0 Å². The first-order valence-electron chi connectivity index (χ1n) is 8.63. The first-order valence-corrected chi connectivity index (χ1v) is 10.8. The zero-order valence-electron chi connectivity index (χ0n) is 15.5. The van der Waals surface area contributed by atoms with Gasteiger partial charge in [0.15, 0.2) is 0 Å². The quantitative estimate of drug-likeness (QED) is 0.751. The van der Waals surface area contributed by atoms with Crippen molar-refractivity contribution in [2.24, 2.45) is 0 Å². The second-order valence-electron chi connectivity index (χ2n) is 7.23. The van der Waals surface area contributed by atoms with Gasteiger partial charge in [-0.3, -0.25) is 4.79 Å². The molecule has 24 heavy (non-hydrogen) atoms. The Morgan fingerprint density at radius 3 is 2.00 bits per heavy atom. The Kier molecular flexibility index (Phi) is 5.65. The fraction of sp³-hybridized carbons (Fsp3) is 0.474. The fourth-order valence-electron chi connectivity index (χ4n) is 3.81. The minimum Gasteiger partial charge on any atom is -0.529 e. The Bertz CT molecular complexity index is 702. The van der Waals surface area contributed by atoms with Crippen molar-refractivity contribution in [3.8, 4) is 17.0 Å². The van der Waals surface area contributed by atoms with Crippen LogP contribution in [0.3, 0.4) is 0 Å². The van der Waals surface area contributed by atoms with Gasteiger partial charge in [-0.25, -0.2) is 5.10 Å². The fourth-order valence-corrected chi connectivity index (χ4v) is 8.98. The van der Waals surface area contributed by atoms with Crippen molar-refractivity contribution in [2.75, 3.05) is 0 Å². The Morgan fingerprint density at radius 1 is 0.958 bits per heavy atom. The molecule has 0 aliphatic rings. The number of aromatic nitrogens is 2. The molecule has 0 spiro atoms. The Hall–Kier alpha value is -1.88. The number of hydrogen-bond acceptors (Lipinski definition) is 3. The maximum atomic E-state index is 12.2. The van der Waals surface area contributed by atoms with E-state index >= 15 is 0 Å². The van der Waals surface area contributed by atoms with Crippen LogP contribution in [0.1, 0.15) is 41.5 Å². The van der Waals surface area contributed by atoms with Crippen molar-refractivity contribution >= 4 is 8.32 Å². The molecule has 0 amide bonds. The van der Waals surface area contributed by atoms with Crippen LogP contribution in [0.25, 0.3) is 11.1 Å². The second kappa shape index (κ2) is 7.34. The third kappa shape index (κ3) is 3.46. The summed E-state index contributed by atoms with van der Waals surface area (Å²) in [4.78, 5) is 12.2. The van der Waals surface area contributed by atoms with E-state index in [0.717, 1.165) is 5.56 Å². The van der Waals surface area contributed by atoms with Crippen LogP contribution in [0.5, 0.6) is 5.88 Å². The van der Waals surface area contributed by atoms with Crippen LogP contribution in [-0.4, -0.2) is 18.5 Å². The molecule has 1 aromatic carbocycles. The number of hydrogen-bond donors (Lipinski definition) is 1. The van der Waals surface area contributed by atoms with E-state index in [1.807, 2.05) is 30.3 Å². The Balaban J connectivity index is 2.48.